The van der Waals surface area contributed by atoms with Crippen LogP contribution in [0, 0.1) is 0 Å². The van der Waals surface area contributed by atoms with Crippen molar-refractivity contribution in [1.82, 2.24) is 34.2 Å². The van der Waals surface area contributed by atoms with Crippen LogP contribution >= 0.6 is 11.6 Å². The van der Waals surface area contributed by atoms with Crippen molar-refractivity contribution in [2.45, 2.75) is 6.54 Å². The minimum absolute atomic E-state index is 0.112. The molecule has 1 fully saturated rings. The molecule has 13 heteroatoms. The molecule has 0 spiro atoms. The third-order valence-electron chi connectivity index (χ3n) is 5.89. The van der Waals surface area contributed by atoms with Crippen molar-refractivity contribution in [3.63, 3.8) is 0 Å². The monoisotopic (exact) mass is 486 g/mol. The summed E-state index contributed by atoms with van der Waals surface area (Å²) in [5, 5.41) is 12.1. The predicted octanol–water partition coefficient (Wildman–Crippen LogP) is 0.604. The van der Waals surface area contributed by atoms with Gasteiger partial charge in [-0.2, -0.15) is 4.98 Å². The van der Waals surface area contributed by atoms with Gasteiger partial charge in [0.15, 0.2) is 11.2 Å². The number of rotatable bonds is 5. The first kappa shape index (κ1) is 22.2. The number of benzene rings is 1. The van der Waals surface area contributed by atoms with E-state index in [4.69, 9.17) is 20.8 Å². The highest BCUT2D eigenvalue weighted by Gasteiger charge is 2.25. The molecule has 1 aliphatic rings. The van der Waals surface area contributed by atoms with Crippen molar-refractivity contribution in [1.29, 1.82) is 0 Å². The van der Waals surface area contributed by atoms with Crippen LogP contribution in [0.15, 0.2) is 32.2 Å². The zero-order valence-corrected chi connectivity index (χ0v) is 19.7. The molecule has 178 valence electrons. The quantitative estimate of drug-likeness (QED) is 0.431. The fourth-order valence-electron chi connectivity index (χ4n) is 4.05. The van der Waals surface area contributed by atoms with Gasteiger partial charge in [-0.1, -0.05) is 11.6 Å². The molecule has 1 aliphatic heterocycles. The average molecular weight is 487 g/mol. The third kappa shape index (κ3) is 3.64. The number of ether oxygens (including phenoxy) is 1. The topological polar surface area (TPSA) is 125 Å². The lowest BCUT2D eigenvalue weighted by atomic mass is 10.2. The lowest BCUT2D eigenvalue weighted by molar-refractivity contribution is 0.415. The second-order valence-electron chi connectivity index (χ2n) is 7.96. The van der Waals surface area contributed by atoms with Crippen molar-refractivity contribution in [2.24, 2.45) is 14.1 Å². The summed E-state index contributed by atoms with van der Waals surface area (Å²) in [4.78, 5) is 32.3. The van der Waals surface area contributed by atoms with Crippen LogP contribution in [0.5, 0.6) is 5.75 Å². The number of hydrogen-bond acceptors (Lipinski definition) is 9. The van der Waals surface area contributed by atoms with Gasteiger partial charge in [0, 0.05) is 45.8 Å². The smallest absolute Gasteiger partial charge is 0.332 e. The Kier molecular flexibility index (Phi) is 5.62. The van der Waals surface area contributed by atoms with E-state index in [1.54, 1.807) is 29.8 Å². The Hall–Kier alpha value is -3.64. The Labute approximate surface area is 198 Å². The summed E-state index contributed by atoms with van der Waals surface area (Å²) in [6, 6.07) is 5.16. The number of fused-ring (bicyclic) bond motifs is 1. The molecule has 1 saturated heterocycles. The lowest BCUT2D eigenvalue weighted by Crippen LogP contribution is -2.44. The van der Waals surface area contributed by atoms with Crippen LogP contribution in [0.4, 0.5) is 5.95 Å². The van der Waals surface area contributed by atoms with Gasteiger partial charge in [-0.05, 0) is 18.2 Å². The maximum Gasteiger partial charge on any atom is 0.332 e. The third-order valence-corrected chi connectivity index (χ3v) is 6.20. The number of nitrogens with one attached hydrogen (secondary N) is 1. The highest BCUT2D eigenvalue weighted by Crippen LogP contribution is 2.30. The molecule has 0 radical (unpaired) electrons. The number of nitrogens with zero attached hydrogens (tertiary/aromatic N) is 7. The number of imidazole rings is 1. The molecule has 5 rings (SSSR count). The van der Waals surface area contributed by atoms with Gasteiger partial charge >= 0.3 is 5.69 Å². The van der Waals surface area contributed by atoms with E-state index in [1.165, 1.54) is 18.7 Å². The number of methoxy groups -OCH3 is 1. The molecule has 34 heavy (non-hydrogen) atoms. The Bertz CT molecular complexity index is 1500. The van der Waals surface area contributed by atoms with E-state index in [-0.39, 0.29) is 12.4 Å². The average Bonchev–Trinajstić information content (AvgIpc) is 3.48. The van der Waals surface area contributed by atoms with Crippen LogP contribution in [0.1, 0.15) is 5.89 Å². The van der Waals surface area contributed by atoms with Crippen LogP contribution in [0.3, 0.4) is 0 Å². The Morgan fingerprint density at radius 1 is 1.15 bits per heavy atom. The zero-order chi connectivity index (χ0) is 24.0. The second kappa shape index (κ2) is 8.61. The SMILES string of the molecule is COc1cc(-c2nnc(Cn3c(N4CCNCC4)nc4c3c(=O)n(C)c(=O)n4C)o2)ccc1Cl. The van der Waals surface area contributed by atoms with E-state index in [1.807, 2.05) is 0 Å². The molecule has 1 aromatic carbocycles. The summed E-state index contributed by atoms with van der Waals surface area (Å²) in [5.74, 6) is 1.64. The van der Waals surface area contributed by atoms with Gasteiger partial charge in [-0.15, -0.1) is 10.2 Å². The molecule has 12 nitrogen and oxygen atoms in total. The largest absolute Gasteiger partial charge is 0.495 e. The number of hydrogen-bond donors (Lipinski definition) is 1. The number of aryl methyl sites for hydroxylation is 1. The summed E-state index contributed by atoms with van der Waals surface area (Å²) in [7, 11) is 4.58. The molecule has 0 aliphatic carbocycles. The van der Waals surface area contributed by atoms with Crippen molar-refractivity contribution in [3.05, 3.63) is 50.0 Å². The van der Waals surface area contributed by atoms with Crippen LogP contribution in [-0.2, 0) is 20.6 Å². The van der Waals surface area contributed by atoms with Crippen LogP contribution < -0.4 is 26.2 Å². The molecule has 0 amide bonds. The normalized spacial score (nSPS) is 14.2. The van der Waals surface area contributed by atoms with Gasteiger partial charge in [0.2, 0.25) is 17.7 Å². The Morgan fingerprint density at radius 2 is 1.91 bits per heavy atom. The molecule has 4 aromatic rings. The summed E-state index contributed by atoms with van der Waals surface area (Å²) in [5.41, 5.74) is 0.380. The molecule has 0 atom stereocenters. The minimum Gasteiger partial charge on any atom is -0.495 e. The molecular weight excluding hydrogens is 464 g/mol. The standard InChI is InChI=1S/C21H23ClN8O4/c1-27-17-16(19(31)28(2)21(27)32)30(20(24-17)29-8-6-23-7-9-29)11-15-25-26-18(34-15)12-4-5-13(22)14(10-12)33-3/h4-5,10,23H,6-9,11H2,1-3H3. The molecule has 0 unspecified atom stereocenters. The van der Waals surface area contributed by atoms with E-state index in [0.717, 1.165) is 17.7 Å². The number of aromatic nitrogens is 6. The maximum absolute atomic E-state index is 13.1. The summed E-state index contributed by atoms with van der Waals surface area (Å²) in [6.45, 7) is 3.09. The first-order valence-electron chi connectivity index (χ1n) is 10.7. The molecule has 1 N–H and O–H groups in total. The molecule has 3 aromatic heterocycles. The Morgan fingerprint density at radius 3 is 2.65 bits per heavy atom. The van der Waals surface area contributed by atoms with E-state index in [2.05, 4.69) is 25.4 Å². The van der Waals surface area contributed by atoms with Crippen molar-refractivity contribution >= 4 is 28.7 Å². The zero-order valence-electron chi connectivity index (χ0n) is 18.9. The van der Waals surface area contributed by atoms with Gasteiger partial charge < -0.3 is 19.4 Å². The van der Waals surface area contributed by atoms with Crippen molar-refractivity contribution < 1.29 is 9.15 Å². The highest BCUT2D eigenvalue weighted by atomic mass is 35.5. The molecule has 0 bridgehead atoms. The van der Waals surface area contributed by atoms with E-state index >= 15 is 0 Å². The fraction of sp³-hybridized carbons (Fsp3) is 0.381. The van der Waals surface area contributed by atoms with Gasteiger partial charge in [-0.3, -0.25) is 18.5 Å². The van der Waals surface area contributed by atoms with Crippen molar-refractivity contribution in [3.8, 4) is 17.2 Å². The number of piperazine rings is 1. The van der Waals surface area contributed by atoms with E-state index < -0.39 is 11.2 Å². The number of anilines is 1. The van der Waals surface area contributed by atoms with Gasteiger partial charge in [0.25, 0.3) is 5.56 Å². The molecule has 0 saturated carbocycles. The first-order valence-corrected chi connectivity index (χ1v) is 11.0. The highest BCUT2D eigenvalue weighted by molar-refractivity contribution is 6.32. The summed E-state index contributed by atoms with van der Waals surface area (Å²) >= 11 is 6.12. The molecule has 4 heterocycles. The number of halogens is 1. The summed E-state index contributed by atoms with van der Waals surface area (Å²) < 4.78 is 15.4. The van der Waals surface area contributed by atoms with Crippen LogP contribution in [0.2, 0.25) is 5.02 Å². The van der Waals surface area contributed by atoms with Gasteiger partial charge in [-0.25, -0.2) is 4.79 Å². The van der Waals surface area contributed by atoms with Gasteiger partial charge in [0.05, 0.1) is 12.1 Å². The maximum atomic E-state index is 13.1. The van der Waals surface area contributed by atoms with Crippen LogP contribution in [-0.4, -0.2) is 62.2 Å². The predicted molar refractivity (Wildman–Crippen MR) is 126 cm³/mol. The minimum atomic E-state index is -0.439. The second-order valence-corrected chi connectivity index (χ2v) is 8.37. The van der Waals surface area contributed by atoms with E-state index in [0.29, 0.717) is 52.4 Å². The summed E-state index contributed by atoms with van der Waals surface area (Å²) in [6.07, 6.45) is 0. The molecular formula is C21H23ClN8O4. The Balaban J connectivity index is 1.61. The fourth-order valence-corrected chi connectivity index (χ4v) is 4.25. The lowest BCUT2D eigenvalue weighted by Gasteiger charge is -2.28. The van der Waals surface area contributed by atoms with Crippen LogP contribution in [0.25, 0.3) is 22.6 Å². The van der Waals surface area contributed by atoms with E-state index in [9.17, 15) is 9.59 Å². The first-order chi connectivity index (χ1) is 16.4. The van der Waals surface area contributed by atoms with Gasteiger partial charge in [0.1, 0.15) is 12.3 Å². The van der Waals surface area contributed by atoms with Crippen molar-refractivity contribution in [2.75, 3.05) is 38.2 Å².